The van der Waals surface area contributed by atoms with E-state index >= 15 is 0 Å². The van der Waals surface area contributed by atoms with Crippen molar-refractivity contribution >= 4 is 22.5 Å². The summed E-state index contributed by atoms with van der Waals surface area (Å²) < 4.78 is 2.01. The molecule has 3 heteroatoms. The summed E-state index contributed by atoms with van der Waals surface area (Å²) in [5, 5.41) is 11.0. The Morgan fingerprint density at radius 2 is 2.20 bits per heavy atom. The minimum Gasteiger partial charge on any atom is -0.396 e. The van der Waals surface area contributed by atoms with Crippen molar-refractivity contribution in [1.82, 2.24) is 4.57 Å². The Morgan fingerprint density at radius 3 is 2.87 bits per heavy atom. The highest BCUT2D eigenvalue weighted by atomic mass is 35.5. The van der Waals surface area contributed by atoms with E-state index in [9.17, 15) is 5.11 Å². The summed E-state index contributed by atoms with van der Waals surface area (Å²) in [7, 11) is 1.97. The van der Waals surface area contributed by atoms with E-state index in [-0.39, 0.29) is 12.5 Å². The SMILES string of the molecule is CC(CO)c1cccc2c(Cl)cn(C)c12. The summed E-state index contributed by atoms with van der Waals surface area (Å²) in [5.74, 6) is 0.137. The highest BCUT2D eigenvalue weighted by Crippen LogP contribution is 2.31. The highest BCUT2D eigenvalue weighted by molar-refractivity contribution is 6.35. The minimum absolute atomic E-state index is 0.137. The Kier molecular flexibility index (Phi) is 2.72. The van der Waals surface area contributed by atoms with Crippen molar-refractivity contribution in [2.45, 2.75) is 12.8 Å². The third-order valence-electron chi connectivity index (χ3n) is 2.79. The summed E-state index contributed by atoms with van der Waals surface area (Å²) in [6.07, 6.45) is 1.90. The maximum Gasteiger partial charge on any atom is 0.0661 e. The molecule has 0 aliphatic carbocycles. The van der Waals surface area contributed by atoms with Gasteiger partial charge in [0.15, 0.2) is 0 Å². The molecular weight excluding hydrogens is 210 g/mol. The number of aryl methyl sites for hydroxylation is 1. The Labute approximate surface area is 94.1 Å². The van der Waals surface area contributed by atoms with Gasteiger partial charge < -0.3 is 9.67 Å². The lowest BCUT2D eigenvalue weighted by Gasteiger charge is -2.11. The highest BCUT2D eigenvalue weighted by Gasteiger charge is 2.12. The van der Waals surface area contributed by atoms with E-state index in [0.717, 1.165) is 21.5 Å². The Bertz CT molecular complexity index is 490. The van der Waals surface area contributed by atoms with Crippen molar-refractivity contribution in [3.63, 3.8) is 0 Å². The zero-order chi connectivity index (χ0) is 11.0. The summed E-state index contributed by atoms with van der Waals surface area (Å²) in [6, 6.07) is 6.03. The van der Waals surface area contributed by atoms with Gasteiger partial charge in [-0.25, -0.2) is 0 Å². The van der Waals surface area contributed by atoms with Crippen molar-refractivity contribution in [2.24, 2.45) is 7.05 Å². The number of aliphatic hydroxyl groups excluding tert-OH is 1. The Morgan fingerprint density at radius 1 is 1.47 bits per heavy atom. The van der Waals surface area contributed by atoms with Gasteiger partial charge in [0.1, 0.15) is 0 Å². The number of nitrogens with zero attached hydrogens (tertiary/aromatic N) is 1. The second kappa shape index (κ2) is 3.87. The molecule has 0 spiro atoms. The average Bonchev–Trinajstić information content (AvgIpc) is 2.54. The molecule has 1 N–H and O–H groups in total. The number of rotatable bonds is 2. The van der Waals surface area contributed by atoms with Gasteiger partial charge >= 0.3 is 0 Å². The molecule has 1 aromatic heterocycles. The lowest BCUT2D eigenvalue weighted by molar-refractivity contribution is 0.273. The van der Waals surface area contributed by atoms with E-state index in [0.29, 0.717) is 0 Å². The van der Waals surface area contributed by atoms with Gasteiger partial charge in [0.25, 0.3) is 0 Å². The molecule has 80 valence electrons. The first-order valence-corrected chi connectivity index (χ1v) is 5.37. The van der Waals surface area contributed by atoms with Crippen LogP contribution in [0.25, 0.3) is 10.9 Å². The Balaban J connectivity index is 2.75. The molecule has 2 aromatic rings. The monoisotopic (exact) mass is 223 g/mol. The molecule has 2 nitrogen and oxygen atoms in total. The summed E-state index contributed by atoms with van der Waals surface area (Å²) in [5.41, 5.74) is 2.26. The van der Waals surface area contributed by atoms with Crippen molar-refractivity contribution in [3.05, 3.63) is 35.0 Å². The largest absolute Gasteiger partial charge is 0.396 e. The van der Waals surface area contributed by atoms with Crippen LogP contribution in [-0.2, 0) is 7.05 Å². The van der Waals surface area contributed by atoms with E-state index in [4.69, 9.17) is 11.6 Å². The molecule has 15 heavy (non-hydrogen) atoms. The molecule has 0 aliphatic heterocycles. The molecule has 0 bridgehead atoms. The molecule has 0 aliphatic rings. The standard InChI is InChI=1S/C12H14ClNO/c1-8(7-15)9-4-3-5-10-11(13)6-14(2)12(9)10/h3-6,8,15H,7H2,1-2H3. The maximum absolute atomic E-state index is 9.20. The number of aromatic nitrogens is 1. The van der Waals surface area contributed by atoms with Gasteiger partial charge in [-0.2, -0.15) is 0 Å². The number of halogens is 1. The third kappa shape index (κ3) is 1.64. The van der Waals surface area contributed by atoms with Crippen LogP contribution < -0.4 is 0 Å². The zero-order valence-electron chi connectivity index (χ0n) is 8.87. The average molecular weight is 224 g/mol. The minimum atomic E-state index is 0.137. The normalized spacial score (nSPS) is 13.3. The van der Waals surface area contributed by atoms with Crippen molar-refractivity contribution in [1.29, 1.82) is 0 Å². The van der Waals surface area contributed by atoms with Crippen LogP contribution in [0.2, 0.25) is 5.02 Å². The topological polar surface area (TPSA) is 25.2 Å². The van der Waals surface area contributed by atoms with Crippen LogP contribution in [0.3, 0.4) is 0 Å². The smallest absolute Gasteiger partial charge is 0.0661 e. The van der Waals surface area contributed by atoms with Crippen LogP contribution in [0.5, 0.6) is 0 Å². The van der Waals surface area contributed by atoms with Gasteiger partial charge in [0.2, 0.25) is 0 Å². The van der Waals surface area contributed by atoms with Gasteiger partial charge in [-0.1, -0.05) is 36.7 Å². The first kappa shape index (κ1) is 10.5. The van der Waals surface area contributed by atoms with Gasteiger partial charge in [-0.15, -0.1) is 0 Å². The lowest BCUT2D eigenvalue weighted by Crippen LogP contribution is -2.01. The van der Waals surface area contributed by atoms with Crippen LogP contribution in [-0.4, -0.2) is 16.3 Å². The Hall–Kier alpha value is -0.990. The molecule has 1 heterocycles. The fourth-order valence-electron chi connectivity index (χ4n) is 1.95. The molecular formula is C12H14ClNO. The quantitative estimate of drug-likeness (QED) is 0.832. The first-order chi connectivity index (χ1) is 7.15. The van der Waals surface area contributed by atoms with Crippen LogP contribution >= 0.6 is 11.6 Å². The van der Waals surface area contributed by atoms with E-state index in [1.807, 2.05) is 42.9 Å². The summed E-state index contributed by atoms with van der Waals surface area (Å²) >= 11 is 6.11. The van der Waals surface area contributed by atoms with Gasteiger partial charge in [-0.3, -0.25) is 0 Å². The van der Waals surface area contributed by atoms with Crippen molar-refractivity contribution < 1.29 is 5.11 Å². The van der Waals surface area contributed by atoms with E-state index in [1.54, 1.807) is 0 Å². The van der Waals surface area contributed by atoms with E-state index in [2.05, 4.69) is 0 Å². The second-order valence-electron chi connectivity index (χ2n) is 3.91. The molecule has 1 aromatic carbocycles. The second-order valence-corrected chi connectivity index (χ2v) is 4.32. The molecule has 0 radical (unpaired) electrons. The number of benzene rings is 1. The number of aliphatic hydroxyl groups is 1. The molecule has 1 atom stereocenters. The van der Waals surface area contributed by atoms with E-state index < -0.39 is 0 Å². The fraction of sp³-hybridized carbons (Fsp3) is 0.333. The molecule has 0 saturated heterocycles. The summed E-state index contributed by atoms with van der Waals surface area (Å²) in [4.78, 5) is 0. The van der Waals surface area contributed by atoms with Gasteiger partial charge in [0.05, 0.1) is 10.5 Å². The van der Waals surface area contributed by atoms with Crippen LogP contribution in [0.1, 0.15) is 18.4 Å². The van der Waals surface area contributed by atoms with Gasteiger partial charge in [0, 0.05) is 31.2 Å². The molecule has 0 fully saturated rings. The number of hydrogen-bond donors (Lipinski definition) is 1. The molecule has 1 unspecified atom stereocenters. The predicted molar refractivity (Wildman–Crippen MR) is 63.4 cm³/mol. The zero-order valence-corrected chi connectivity index (χ0v) is 9.62. The number of fused-ring (bicyclic) bond motifs is 1. The van der Waals surface area contributed by atoms with Crippen LogP contribution in [0.4, 0.5) is 0 Å². The van der Waals surface area contributed by atoms with Crippen LogP contribution in [0, 0.1) is 0 Å². The van der Waals surface area contributed by atoms with Crippen molar-refractivity contribution in [3.8, 4) is 0 Å². The van der Waals surface area contributed by atoms with E-state index in [1.165, 1.54) is 0 Å². The number of hydrogen-bond acceptors (Lipinski definition) is 1. The molecule has 2 rings (SSSR count). The maximum atomic E-state index is 9.20. The molecule has 0 saturated carbocycles. The first-order valence-electron chi connectivity index (χ1n) is 4.99. The number of para-hydroxylation sites is 1. The fourth-order valence-corrected chi connectivity index (χ4v) is 2.25. The third-order valence-corrected chi connectivity index (χ3v) is 3.09. The van der Waals surface area contributed by atoms with Crippen LogP contribution in [0.15, 0.2) is 24.4 Å². The lowest BCUT2D eigenvalue weighted by atomic mass is 10.00. The van der Waals surface area contributed by atoms with Crippen molar-refractivity contribution in [2.75, 3.05) is 6.61 Å². The molecule has 0 amide bonds. The van der Waals surface area contributed by atoms with Gasteiger partial charge in [-0.05, 0) is 5.56 Å². The summed E-state index contributed by atoms with van der Waals surface area (Å²) in [6.45, 7) is 2.16. The predicted octanol–water partition coefficient (Wildman–Crippen LogP) is 2.93.